The molecular formula is C13H17N3S. The molecule has 2 aromatic heterocycles. The van der Waals surface area contributed by atoms with Gasteiger partial charge in [-0.25, -0.2) is 4.98 Å². The van der Waals surface area contributed by atoms with Gasteiger partial charge in [-0.05, 0) is 30.2 Å². The van der Waals surface area contributed by atoms with Gasteiger partial charge < -0.3 is 0 Å². The quantitative estimate of drug-likeness (QED) is 0.876. The van der Waals surface area contributed by atoms with Gasteiger partial charge in [0.05, 0.1) is 4.88 Å². The third-order valence-corrected chi connectivity index (χ3v) is 4.51. The molecule has 2 aromatic rings. The molecule has 0 atom stereocenters. The molecule has 1 aliphatic rings. The van der Waals surface area contributed by atoms with E-state index in [0.717, 1.165) is 22.4 Å². The van der Waals surface area contributed by atoms with Crippen LogP contribution < -0.4 is 0 Å². The minimum atomic E-state index is 0.590. The van der Waals surface area contributed by atoms with Crippen molar-refractivity contribution in [1.82, 2.24) is 15.2 Å². The standard InChI is InChI=1S/C13H17N3S/c1-9-4-6-10(7-5-9)12-14-13(16-15-12)11-3-2-8-17-11/h2-3,8-10H,4-7H2,1H3,(H,14,15,16). The monoisotopic (exact) mass is 247 g/mol. The highest BCUT2D eigenvalue weighted by Crippen LogP contribution is 2.34. The first-order valence-corrected chi connectivity index (χ1v) is 7.17. The van der Waals surface area contributed by atoms with Crippen molar-refractivity contribution in [3.63, 3.8) is 0 Å². The Morgan fingerprint density at radius 3 is 2.82 bits per heavy atom. The molecular weight excluding hydrogens is 230 g/mol. The first kappa shape index (κ1) is 11.0. The van der Waals surface area contributed by atoms with Crippen molar-refractivity contribution in [2.75, 3.05) is 0 Å². The Kier molecular flexibility index (Phi) is 2.97. The molecule has 3 rings (SSSR count). The third kappa shape index (κ3) is 2.27. The van der Waals surface area contributed by atoms with Crippen molar-refractivity contribution in [1.29, 1.82) is 0 Å². The topological polar surface area (TPSA) is 41.6 Å². The predicted octanol–water partition coefficient (Wildman–Crippen LogP) is 3.83. The summed E-state index contributed by atoms with van der Waals surface area (Å²) < 4.78 is 0. The summed E-state index contributed by atoms with van der Waals surface area (Å²) in [5, 5.41) is 9.51. The van der Waals surface area contributed by atoms with Crippen LogP contribution in [-0.2, 0) is 0 Å². The molecule has 0 saturated heterocycles. The van der Waals surface area contributed by atoms with Crippen LogP contribution in [-0.4, -0.2) is 15.2 Å². The van der Waals surface area contributed by atoms with Crippen molar-refractivity contribution in [2.24, 2.45) is 5.92 Å². The summed E-state index contributed by atoms with van der Waals surface area (Å²) in [5.74, 6) is 3.41. The predicted molar refractivity (Wildman–Crippen MR) is 70.1 cm³/mol. The maximum Gasteiger partial charge on any atom is 0.191 e. The van der Waals surface area contributed by atoms with E-state index in [0.29, 0.717) is 5.92 Å². The summed E-state index contributed by atoms with van der Waals surface area (Å²) in [7, 11) is 0. The van der Waals surface area contributed by atoms with Crippen LogP contribution in [0.5, 0.6) is 0 Å². The molecule has 0 bridgehead atoms. The normalized spacial score (nSPS) is 25.0. The first-order valence-electron chi connectivity index (χ1n) is 6.29. The van der Waals surface area contributed by atoms with Crippen LogP contribution in [0.2, 0.25) is 0 Å². The Hall–Kier alpha value is -1.16. The van der Waals surface area contributed by atoms with Gasteiger partial charge in [-0.2, -0.15) is 5.10 Å². The van der Waals surface area contributed by atoms with E-state index in [4.69, 9.17) is 0 Å². The van der Waals surface area contributed by atoms with Crippen molar-refractivity contribution >= 4 is 11.3 Å². The zero-order chi connectivity index (χ0) is 11.7. The van der Waals surface area contributed by atoms with Gasteiger partial charge in [-0.1, -0.05) is 25.8 Å². The van der Waals surface area contributed by atoms with Crippen LogP contribution in [0.4, 0.5) is 0 Å². The van der Waals surface area contributed by atoms with Crippen molar-refractivity contribution < 1.29 is 0 Å². The van der Waals surface area contributed by atoms with Crippen LogP contribution in [0, 0.1) is 5.92 Å². The number of aromatic amines is 1. The summed E-state index contributed by atoms with van der Waals surface area (Å²) >= 11 is 1.69. The van der Waals surface area contributed by atoms with E-state index in [-0.39, 0.29) is 0 Å². The molecule has 1 fully saturated rings. The van der Waals surface area contributed by atoms with Gasteiger partial charge in [0.25, 0.3) is 0 Å². The van der Waals surface area contributed by atoms with Gasteiger partial charge in [0.15, 0.2) is 5.82 Å². The van der Waals surface area contributed by atoms with Crippen LogP contribution in [0.3, 0.4) is 0 Å². The Morgan fingerprint density at radius 1 is 1.29 bits per heavy atom. The van der Waals surface area contributed by atoms with Gasteiger partial charge >= 0.3 is 0 Å². The number of nitrogens with one attached hydrogen (secondary N) is 1. The number of hydrogen-bond acceptors (Lipinski definition) is 3. The zero-order valence-electron chi connectivity index (χ0n) is 10.0. The molecule has 0 radical (unpaired) electrons. The second-order valence-corrected chi connectivity index (χ2v) is 5.93. The summed E-state index contributed by atoms with van der Waals surface area (Å²) in [5.41, 5.74) is 0. The van der Waals surface area contributed by atoms with E-state index in [1.54, 1.807) is 11.3 Å². The lowest BCUT2D eigenvalue weighted by Gasteiger charge is -2.24. The lowest BCUT2D eigenvalue weighted by atomic mass is 9.83. The fourth-order valence-electron chi connectivity index (χ4n) is 2.51. The molecule has 0 aliphatic heterocycles. The molecule has 1 saturated carbocycles. The molecule has 0 amide bonds. The summed E-state index contributed by atoms with van der Waals surface area (Å²) in [4.78, 5) is 5.79. The lowest BCUT2D eigenvalue weighted by Crippen LogP contribution is -2.11. The van der Waals surface area contributed by atoms with Crippen LogP contribution >= 0.6 is 11.3 Å². The smallest absolute Gasteiger partial charge is 0.191 e. The van der Waals surface area contributed by atoms with Crippen LogP contribution in [0.1, 0.15) is 44.3 Å². The van der Waals surface area contributed by atoms with Crippen LogP contribution in [0.15, 0.2) is 17.5 Å². The zero-order valence-corrected chi connectivity index (χ0v) is 10.8. The minimum absolute atomic E-state index is 0.590. The molecule has 0 spiro atoms. The molecule has 2 heterocycles. The Morgan fingerprint density at radius 2 is 2.12 bits per heavy atom. The molecule has 0 aromatic carbocycles. The molecule has 17 heavy (non-hydrogen) atoms. The number of H-pyrrole nitrogens is 1. The Balaban J connectivity index is 1.76. The van der Waals surface area contributed by atoms with Gasteiger partial charge in [0.1, 0.15) is 5.82 Å². The van der Waals surface area contributed by atoms with E-state index >= 15 is 0 Å². The minimum Gasteiger partial charge on any atom is -0.262 e. The van der Waals surface area contributed by atoms with E-state index in [2.05, 4.69) is 33.6 Å². The summed E-state index contributed by atoms with van der Waals surface area (Å²) in [6.07, 6.45) is 5.14. The van der Waals surface area contributed by atoms with Crippen molar-refractivity contribution in [3.8, 4) is 10.7 Å². The van der Waals surface area contributed by atoms with Gasteiger partial charge in [-0.3, -0.25) is 5.10 Å². The number of thiophene rings is 1. The molecule has 1 N–H and O–H groups in total. The summed E-state index contributed by atoms with van der Waals surface area (Å²) in [6, 6.07) is 4.11. The van der Waals surface area contributed by atoms with E-state index in [9.17, 15) is 0 Å². The van der Waals surface area contributed by atoms with Gasteiger partial charge in [0, 0.05) is 5.92 Å². The lowest BCUT2D eigenvalue weighted by molar-refractivity contribution is 0.340. The maximum absolute atomic E-state index is 4.65. The Bertz CT molecular complexity index is 467. The highest BCUT2D eigenvalue weighted by Gasteiger charge is 2.22. The average Bonchev–Trinajstić information content (AvgIpc) is 3.00. The second kappa shape index (κ2) is 4.61. The average molecular weight is 247 g/mol. The van der Waals surface area contributed by atoms with E-state index in [1.165, 1.54) is 25.7 Å². The Labute approximate surface area is 105 Å². The molecule has 90 valence electrons. The highest BCUT2D eigenvalue weighted by atomic mass is 32.1. The number of hydrogen-bond donors (Lipinski definition) is 1. The van der Waals surface area contributed by atoms with E-state index < -0.39 is 0 Å². The third-order valence-electron chi connectivity index (χ3n) is 3.65. The number of nitrogens with zero attached hydrogens (tertiary/aromatic N) is 2. The highest BCUT2D eigenvalue weighted by molar-refractivity contribution is 7.13. The largest absolute Gasteiger partial charge is 0.262 e. The van der Waals surface area contributed by atoms with Crippen molar-refractivity contribution in [3.05, 3.63) is 23.3 Å². The molecule has 4 heteroatoms. The summed E-state index contributed by atoms with van der Waals surface area (Å²) in [6.45, 7) is 2.34. The number of aromatic nitrogens is 3. The van der Waals surface area contributed by atoms with Crippen LogP contribution in [0.25, 0.3) is 10.7 Å². The first-order chi connectivity index (χ1) is 8.33. The molecule has 3 nitrogen and oxygen atoms in total. The van der Waals surface area contributed by atoms with Gasteiger partial charge in [0.2, 0.25) is 0 Å². The maximum atomic E-state index is 4.65. The molecule has 1 aliphatic carbocycles. The second-order valence-electron chi connectivity index (χ2n) is 4.98. The fourth-order valence-corrected chi connectivity index (χ4v) is 3.16. The van der Waals surface area contributed by atoms with Crippen molar-refractivity contribution in [2.45, 2.75) is 38.5 Å². The van der Waals surface area contributed by atoms with Gasteiger partial charge in [-0.15, -0.1) is 11.3 Å². The van der Waals surface area contributed by atoms with E-state index in [1.807, 2.05) is 6.07 Å². The molecule has 0 unspecified atom stereocenters. The number of rotatable bonds is 2. The SMILES string of the molecule is CC1CCC(c2nc(-c3cccs3)n[nH]2)CC1. The fraction of sp³-hybridized carbons (Fsp3) is 0.538.